The Morgan fingerprint density at radius 1 is 1.40 bits per heavy atom. The Morgan fingerprint density at radius 3 is 2.60 bits per heavy atom. The van der Waals surface area contributed by atoms with Crippen molar-refractivity contribution in [3.8, 4) is 0 Å². The maximum absolute atomic E-state index is 11.2. The highest BCUT2D eigenvalue weighted by Gasteiger charge is 2.15. The standard InChI is InChI=1S/C10H8BrClO3/c11-9-3-1-2-7(10(14)15)8(9)4-6(13)5-12/h1-3H,4-5H2,(H,14,15). The second kappa shape index (κ2) is 5.28. The topological polar surface area (TPSA) is 54.4 Å². The predicted octanol–water partition coefficient (Wildman–Crippen LogP) is 2.50. The second-order valence-corrected chi connectivity index (χ2v) is 4.04. The number of alkyl halides is 1. The zero-order chi connectivity index (χ0) is 11.4. The Kier molecular flexibility index (Phi) is 4.29. The first kappa shape index (κ1) is 12.2. The van der Waals surface area contributed by atoms with Gasteiger partial charge < -0.3 is 5.11 Å². The van der Waals surface area contributed by atoms with Gasteiger partial charge in [0.2, 0.25) is 0 Å². The summed E-state index contributed by atoms with van der Waals surface area (Å²) in [5.74, 6) is -1.36. The first-order valence-electron chi connectivity index (χ1n) is 4.14. The van der Waals surface area contributed by atoms with E-state index in [0.717, 1.165) is 0 Å². The van der Waals surface area contributed by atoms with Gasteiger partial charge in [0, 0.05) is 10.9 Å². The average molecular weight is 292 g/mol. The molecule has 0 spiro atoms. The summed E-state index contributed by atoms with van der Waals surface area (Å²) in [5.41, 5.74) is 0.596. The lowest BCUT2D eigenvalue weighted by atomic mass is 10.0. The van der Waals surface area contributed by atoms with Crippen molar-refractivity contribution in [3.63, 3.8) is 0 Å². The first-order valence-corrected chi connectivity index (χ1v) is 5.47. The highest BCUT2D eigenvalue weighted by molar-refractivity contribution is 9.10. The fourth-order valence-electron chi connectivity index (χ4n) is 1.18. The first-order chi connectivity index (χ1) is 7.06. The molecule has 0 saturated carbocycles. The van der Waals surface area contributed by atoms with E-state index in [9.17, 15) is 9.59 Å². The van der Waals surface area contributed by atoms with Crippen LogP contribution in [0, 0.1) is 0 Å². The van der Waals surface area contributed by atoms with Crippen molar-refractivity contribution in [2.75, 3.05) is 5.88 Å². The highest BCUT2D eigenvalue weighted by atomic mass is 79.9. The van der Waals surface area contributed by atoms with E-state index >= 15 is 0 Å². The molecule has 1 aromatic carbocycles. The molecule has 0 heterocycles. The molecule has 1 aromatic rings. The van der Waals surface area contributed by atoms with Gasteiger partial charge in [0.05, 0.1) is 11.4 Å². The molecular formula is C10H8BrClO3. The predicted molar refractivity (Wildman–Crippen MR) is 60.5 cm³/mol. The zero-order valence-electron chi connectivity index (χ0n) is 7.67. The molecule has 0 unspecified atom stereocenters. The number of benzene rings is 1. The van der Waals surface area contributed by atoms with E-state index < -0.39 is 5.97 Å². The van der Waals surface area contributed by atoms with E-state index in [-0.39, 0.29) is 23.6 Å². The van der Waals surface area contributed by atoms with Crippen LogP contribution in [-0.4, -0.2) is 22.7 Å². The molecule has 0 fully saturated rings. The van der Waals surface area contributed by atoms with Gasteiger partial charge in [-0.1, -0.05) is 22.0 Å². The minimum atomic E-state index is -1.05. The van der Waals surface area contributed by atoms with Gasteiger partial charge in [0.1, 0.15) is 0 Å². The van der Waals surface area contributed by atoms with Crippen LogP contribution in [0.5, 0.6) is 0 Å². The third-order valence-corrected chi connectivity index (χ3v) is 2.91. The Balaban J connectivity index is 3.13. The number of ketones is 1. The van der Waals surface area contributed by atoms with Crippen LogP contribution in [-0.2, 0) is 11.2 Å². The van der Waals surface area contributed by atoms with E-state index in [4.69, 9.17) is 16.7 Å². The molecule has 0 radical (unpaired) electrons. The largest absolute Gasteiger partial charge is 0.478 e. The number of hydrogen-bond donors (Lipinski definition) is 1. The van der Waals surface area contributed by atoms with Crippen molar-refractivity contribution in [3.05, 3.63) is 33.8 Å². The molecule has 5 heteroatoms. The van der Waals surface area contributed by atoms with E-state index in [0.29, 0.717) is 10.0 Å². The van der Waals surface area contributed by atoms with Gasteiger partial charge in [0.25, 0.3) is 0 Å². The van der Waals surface area contributed by atoms with Gasteiger partial charge in [0.15, 0.2) is 5.78 Å². The van der Waals surface area contributed by atoms with Crippen LogP contribution in [0.1, 0.15) is 15.9 Å². The molecule has 1 rings (SSSR count). The number of Topliss-reactive ketones (excluding diaryl/α,β-unsaturated/α-hetero) is 1. The SMILES string of the molecule is O=C(CCl)Cc1c(Br)cccc1C(=O)O. The van der Waals surface area contributed by atoms with Crippen LogP contribution >= 0.6 is 27.5 Å². The minimum Gasteiger partial charge on any atom is -0.478 e. The maximum Gasteiger partial charge on any atom is 0.336 e. The molecule has 0 aliphatic carbocycles. The van der Waals surface area contributed by atoms with Crippen molar-refractivity contribution in [1.29, 1.82) is 0 Å². The van der Waals surface area contributed by atoms with Gasteiger partial charge in [-0.05, 0) is 17.7 Å². The van der Waals surface area contributed by atoms with E-state index in [1.165, 1.54) is 6.07 Å². The molecule has 0 amide bonds. The number of carboxylic acids is 1. The fourth-order valence-corrected chi connectivity index (χ4v) is 1.78. The highest BCUT2D eigenvalue weighted by Crippen LogP contribution is 2.21. The van der Waals surface area contributed by atoms with Crippen molar-refractivity contribution < 1.29 is 14.7 Å². The lowest BCUT2D eigenvalue weighted by Crippen LogP contribution is -2.10. The molecule has 1 N–H and O–H groups in total. The quantitative estimate of drug-likeness (QED) is 0.867. The molecule has 0 aromatic heterocycles. The van der Waals surface area contributed by atoms with Crippen LogP contribution in [0.3, 0.4) is 0 Å². The molecule has 0 atom stereocenters. The lowest BCUT2D eigenvalue weighted by molar-refractivity contribution is -0.116. The molecule has 0 aliphatic rings. The zero-order valence-corrected chi connectivity index (χ0v) is 10.0. The number of carbonyl (C=O) groups is 2. The third-order valence-electron chi connectivity index (χ3n) is 1.87. The van der Waals surface area contributed by atoms with Gasteiger partial charge in [-0.2, -0.15) is 0 Å². The Bertz CT molecular complexity index is 404. The minimum absolute atomic E-state index is 0.0343. The van der Waals surface area contributed by atoms with E-state index in [1.54, 1.807) is 12.1 Å². The number of aromatic carboxylic acids is 1. The van der Waals surface area contributed by atoms with Crippen LogP contribution in [0.25, 0.3) is 0 Å². The van der Waals surface area contributed by atoms with Crippen LogP contribution in [0.2, 0.25) is 0 Å². The van der Waals surface area contributed by atoms with Crippen molar-refractivity contribution in [2.45, 2.75) is 6.42 Å². The Morgan fingerprint density at radius 2 is 2.07 bits per heavy atom. The summed E-state index contributed by atoms with van der Waals surface area (Å²) < 4.78 is 0.612. The molecule has 0 aliphatic heterocycles. The maximum atomic E-state index is 11.2. The number of hydrogen-bond acceptors (Lipinski definition) is 2. The average Bonchev–Trinajstić information content (AvgIpc) is 2.20. The number of rotatable bonds is 4. The number of carbonyl (C=O) groups excluding carboxylic acids is 1. The second-order valence-electron chi connectivity index (χ2n) is 2.92. The number of halogens is 2. The van der Waals surface area contributed by atoms with Crippen LogP contribution in [0.15, 0.2) is 22.7 Å². The Hall–Kier alpha value is -0.870. The molecule has 80 valence electrons. The van der Waals surface area contributed by atoms with Gasteiger partial charge in [-0.15, -0.1) is 11.6 Å². The van der Waals surface area contributed by atoms with Crippen molar-refractivity contribution >= 4 is 39.3 Å². The molecule has 3 nitrogen and oxygen atoms in total. The number of carboxylic acid groups (broad SMARTS) is 1. The summed E-state index contributed by atoms with van der Waals surface area (Å²) in [7, 11) is 0. The summed E-state index contributed by atoms with van der Waals surface area (Å²) in [4.78, 5) is 22.0. The smallest absolute Gasteiger partial charge is 0.336 e. The van der Waals surface area contributed by atoms with E-state index in [2.05, 4.69) is 15.9 Å². The van der Waals surface area contributed by atoms with Crippen LogP contribution < -0.4 is 0 Å². The normalized spacial score (nSPS) is 10.0. The summed E-state index contributed by atoms with van der Waals surface area (Å²) in [6.07, 6.45) is 0.0343. The molecule has 0 saturated heterocycles. The third kappa shape index (κ3) is 3.04. The van der Waals surface area contributed by atoms with Crippen molar-refractivity contribution in [1.82, 2.24) is 0 Å². The Labute approximate surface area is 100 Å². The fraction of sp³-hybridized carbons (Fsp3) is 0.200. The van der Waals surface area contributed by atoms with E-state index in [1.807, 2.05) is 0 Å². The molecular weight excluding hydrogens is 283 g/mol. The summed E-state index contributed by atoms with van der Waals surface area (Å²) in [6, 6.07) is 4.77. The molecule has 15 heavy (non-hydrogen) atoms. The summed E-state index contributed by atoms with van der Waals surface area (Å²) in [6.45, 7) is 0. The molecule has 0 bridgehead atoms. The summed E-state index contributed by atoms with van der Waals surface area (Å²) in [5, 5.41) is 8.91. The monoisotopic (exact) mass is 290 g/mol. The van der Waals surface area contributed by atoms with Gasteiger partial charge in [-0.25, -0.2) is 4.79 Å². The summed E-state index contributed by atoms with van der Waals surface area (Å²) >= 11 is 8.59. The lowest BCUT2D eigenvalue weighted by Gasteiger charge is -2.06. The van der Waals surface area contributed by atoms with Gasteiger partial charge in [-0.3, -0.25) is 4.79 Å². The van der Waals surface area contributed by atoms with Crippen LogP contribution in [0.4, 0.5) is 0 Å². The van der Waals surface area contributed by atoms with Crippen molar-refractivity contribution in [2.24, 2.45) is 0 Å². The van der Waals surface area contributed by atoms with Gasteiger partial charge >= 0.3 is 5.97 Å².